The number of hydrogen-bond donors (Lipinski definition) is 1. The van der Waals surface area contributed by atoms with Crippen molar-refractivity contribution >= 4 is 29.2 Å². The summed E-state index contributed by atoms with van der Waals surface area (Å²) in [6.45, 7) is 5.90. The smallest absolute Gasteiger partial charge is 0.338 e. The number of carbonyl (C=O) groups is 3. The van der Waals surface area contributed by atoms with Crippen molar-refractivity contribution in [3.05, 3.63) is 59.7 Å². The lowest BCUT2D eigenvalue weighted by Gasteiger charge is -2.17. The van der Waals surface area contributed by atoms with Crippen molar-refractivity contribution in [1.82, 2.24) is 0 Å². The first-order valence-corrected chi connectivity index (χ1v) is 9.32. The number of hydrogen-bond acceptors (Lipinski definition) is 4. The van der Waals surface area contributed by atoms with Gasteiger partial charge in [0, 0.05) is 24.3 Å². The van der Waals surface area contributed by atoms with E-state index in [2.05, 4.69) is 5.32 Å². The summed E-state index contributed by atoms with van der Waals surface area (Å²) in [6, 6.07) is 14.2. The second-order valence-electron chi connectivity index (χ2n) is 7.27. The summed E-state index contributed by atoms with van der Waals surface area (Å²) in [4.78, 5) is 38.5. The van der Waals surface area contributed by atoms with Crippen molar-refractivity contribution in [2.24, 2.45) is 5.92 Å². The predicted molar refractivity (Wildman–Crippen MR) is 107 cm³/mol. The van der Waals surface area contributed by atoms with Crippen molar-refractivity contribution in [3.8, 4) is 0 Å². The summed E-state index contributed by atoms with van der Waals surface area (Å²) in [7, 11) is 0. The first-order valence-electron chi connectivity index (χ1n) is 9.32. The number of anilines is 2. The zero-order valence-electron chi connectivity index (χ0n) is 16.3. The monoisotopic (exact) mass is 380 g/mol. The Balaban J connectivity index is 1.62. The van der Waals surface area contributed by atoms with Crippen molar-refractivity contribution < 1.29 is 19.1 Å². The lowest BCUT2D eigenvalue weighted by molar-refractivity contribution is -0.122. The third kappa shape index (κ3) is 4.57. The summed E-state index contributed by atoms with van der Waals surface area (Å²) in [5.41, 5.74) is 2.88. The van der Waals surface area contributed by atoms with Crippen LogP contribution in [0, 0.1) is 12.8 Å². The number of ether oxygens (including phenoxy) is 1. The second-order valence-corrected chi connectivity index (χ2v) is 7.27. The molecule has 0 aliphatic carbocycles. The van der Waals surface area contributed by atoms with Gasteiger partial charge in [0.25, 0.3) is 0 Å². The molecule has 0 spiro atoms. The molecule has 1 saturated heterocycles. The number of rotatable bonds is 5. The van der Waals surface area contributed by atoms with Gasteiger partial charge in [-0.05, 0) is 62.7 Å². The van der Waals surface area contributed by atoms with Gasteiger partial charge in [0.05, 0.1) is 17.6 Å². The van der Waals surface area contributed by atoms with Crippen LogP contribution in [0.5, 0.6) is 0 Å². The molecule has 0 aromatic heterocycles. The zero-order valence-corrected chi connectivity index (χ0v) is 16.3. The SMILES string of the molecule is Cc1cccc(N2C[C@@H](C(=O)Nc3ccc(C(=O)OC(C)C)cc3)CC2=O)c1. The van der Waals surface area contributed by atoms with E-state index in [9.17, 15) is 14.4 Å². The van der Waals surface area contributed by atoms with E-state index in [0.717, 1.165) is 11.3 Å². The number of nitrogens with one attached hydrogen (secondary N) is 1. The standard InChI is InChI=1S/C22H24N2O4/c1-14(2)28-22(27)16-7-9-18(10-8-16)23-21(26)17-12-20(25)24(13-17)19-6-4-5-15(3)11-19/h4-11,14,17H,12-13H2,1-3H3,(H,23,26)/t17-/m0/s1. The lowest BCUT2D eigenvalue weighted by atomic mass is 10.1. The fraction of sp³-hybridized carbons (Fsp3) is 0.318. The van der Waals surface area contributed by atoms with Gasteiger partial charge in [-0.1, -0.05) is 12.1 Å². The van der Waals surface area contributed by atoms with Crippen LogP contribution in [0.1, 0.15) is 36.2 Å². The average Bonchev–Trinajstić information content (AvgIpc) is 3.03. The molecule has 0 saturated carbocycles. The molecule has 6 heteroatoms. The summed E-state index contributed by atoms with van der Waals surface area (Å²) in [5, 5.41) is 2.82. The molecule has 146 valence electrons. The summed E-state index contributed by atoms with van der Waals surface area (Å²) in [6.07, 6.45) is -0.0124. The maximum Gasteiger partial charge on any atom is 0.338 e. The van der Waals surface area contributed by atoms with Crippen LogP contribution in [0.3, 0.4) is 0 Å². The predicted octanol–water partition coefficient (Wildman–Crippen LogP) is 3.55. The fourth-order valence-corrected chi connectivity index (χ4v) is 3.14. The quantitative estimate of drug-likeness (QED) is 0.805. The highest BCUT2D eigenvalue weighted by Crippen LogP contribution is 2.26. The molecule has 28 heavy (non-hydrogen) atoms. The van der Waals surface area contributed by atoms with E-state index in [1.165, 1.54) is 0 Å². The summed E-state index contributed by atoms with van der Waals surface area (Å²) in [5.74, 6) is -1.08. The maximum atomic E-state index is 12.6. The Morgan fingerprint density at radius 1 is 1.14 bits per heavy atom. The van der Waals surface area contributed by atoms with E-state index in [4.69, 9.17) is 4.74 Å². The molecule has 1 fully saturated rings. The second kappa shape index (κ2) is 8.25. The Hall–Kier alpha value is -3.15. The molecule has 2 aromatic rings. The molecule has 0 radical (unpaired) electrons. The fourth-order valence-electron chi connectivity index (χ4n) is 3.14. The van der Waals surface area contributed by atoms with E-state index in [-0.39, 0.29) is 24.3 Å². The molecule has 3 rings (SSSR count). The van der Waals surface area contributed by atoms with Gasteiger partial charge in [-0.2, -0.15) is 0 Å². The van der Waals surface area contributed by atoms with Crippen molar-refractivity contribution in [2.45, 2.75) is 33.3 Å². The van der Waals surface area contributed by atoms with Crippen molar-refractivity contribution in [2.75, 3.05) is 16.8 Å². The Morgan fingerprint density at radius 3 is 2.50 bits per heavy atom. The van der Waals surface area contributed by atoms with E-state index in [0.29, 0.717) is 17.8 Å². The van der Waals surface area contributed by atoms with E-state index in [1.54, 1.807) is 43.0 Å². The normalized spacial score (nSPS) is 16.4. The van der Waals surface area contributed by atoms with E-state index < -0.39 is 11.9 Å². The number of nitrogens with zero attached hydrogens (tertiary/aromatic N) is 1. The lowest BCUT2D eigenvalue weighted by Crippen LogP contribution is -2.28. The molecule has 0 unspecified atom stereocenters. The van der Waals surface area contributed by atoms with Gasteiger partial charge >= 0.3 is 5.97 Å². The third-order valence-electron chi connectivity index (χ3n) is 4.54. The molecule has 2 aromatic carbocycles. The molecular weight excluding hydrogens is 356 g/mol. The van der Waals surface area contributed by atoms with Crippen LogP contribution in [0.4, 0.5) is 11.4 Å². The number of esters is 1. The van der Waals surface area contributed by atoms with Crippen LogP contribution in [-0.4, -0.2) is 30.4 Å². The van der Waals surface area contributed by atoms with Crippen LogP contribution < -0.4 is 10.2 Å². The van der Waals surface area contributed by atoms with Gasteiger partial charge in [-0.25, -0.2) is 4.79 Å². The molecule has 1 atom stereocenters. The highest BCUT2D eigenvalue weighted by molar-refractivity contribution is 6.03. The molecule has 0 bridgehead atoms. The minimum absolute atomic E-state index is 0.0578. The molecule has 1 heterocycles. The number of carbonyl (C=O) groups excluding carboxylic acids is 3. The number of benzene rings is 2. The maximum absolute atomic E-state index is 12.6. The molecule has 1 aliphatic rings. The topological polar surface area (TPSA) is 75.7 Å². The van der Waals surface area contributed by atoms with Crippen LogP contribution in [0.25, 0.3) is 0 Å². The molecule has 1 N–H and O–H groups in total. The largest absolute Gasteiger partial charge is 0.459 e. The first kappa shape index (κ1) is 19.6. The van der Waals surface area contributed by atoms with Crippen LogP contribution in [0.2, 0.25) is 0 Å². The van der Waals surface area contributed by atoms with Crippen LogP contribution >= 0.6 is 0 Å². The van der Waals surface area contributed by atoms with Gasteiger partial charge in [0.2, 0.25) is 11.8 Å². The van der Waals surface area contributed by atoms with Gasteiger partial charge in [-0.3, -0.25) is 9.59 Å². The van der Waals surface area contributed by atoms with Gasteiger partial charge in [-0.15, -0.1) is 0 Å². The highest BCUT2D eigenvalue weighted by Gasteiger charge is 2.35. The van der Waals surface area contributed by atoms with E-state index >= 15 is 0 Å². The van der Waals surface area contributed by atoms with Crippen molar-refractivity contribution in [1.29, 1.82) is 0 Å². The number of aryl methyl sites for hydroxylation is 1. The first-order chi connectivity index (χ1) is 13.3. The van der Waals surface area contributed by atoms with Gasteiger partial charge in [0.1, 0.15) is 0 Å². The average molecular weight is 380 g/mol. The molecule has 6 nitrogen and oxygen atoms in total. The minimum Gasteiger partial charge on any atom is -0.459 e. The van der Waals surface area contributed by atoms with Crippen molar-refractivity contribution in [3.63, 3.8) is 0 Å². The number of amides is 2. The molecule has 2 amide bonds. The van der Waals surface area contributed by atoms with Crippen LogP contribution in [-0.2, 0) is 14.3 Å². The van der Waals surface area contributed by atoms with Crippen LogP contribution in [0.15, 0.2) is 48.5 Å². The summed E-state index contributed by atoms with van der Waals surface area (Å²) < 4.78 is 5.14. The molecular formula is C22H24N2O4. The summed E-state index contributed by atoms with van der Waals surface area (Å²) >= 11 is 0. The minimum atomic E-state index is -0.418. The molecule has 1 aliphatic heterocycles. The van der Waals surface area contributed by atoms with E-state index in [1.807, 2.05) is 31.2 Å². The third-order valence-corrected chi connectivity index (χ3v) is 4.54. The highest BCUT2D eigenvalue weighted by atomic mass is 16.5. The Kier molecular flexibility index (Phi) is 5.78. The van der Waals surface area contributed by atoms with Gasteiger partial charge < -0.3 is 15.0 Å². The Morgan fingerprint density at radius 2 is 1.86 bits per heavy atom. The Labute approximate surface area is 164 Å². The van der Waals surface area contributed by atoms with Gasteiger partial charge in [0.15, 0.2) is 0 Å². The Bertz CT molecular complexity index is 890. The zero-order chi connectivity index (χ0) is 20.3.